The molecule has 1 aliphatic rings. The van der Waals surface area contributed by atoms with Crippen molar-refractivity contribution in [3.63, 3.8) is 0 Å². The van der Waals surface area contributed by atoms with Gasteiger partial charge in [-0.1, -0.05) is 26.0 Å². The Morgan fingerprint density at radius 3 is 2.80 bits per heavy atom. The molecule has 1 saturated heterocycles. The second-order valence-corrected chi connectivity index (χ2v) is 7.84. The zero-order valence-electron chi connectivity index (χ0n) is 18.9. The number of amides is 1. The standard InChI is InChI=1S/C23H38N4O3/c1-5-24-23(25-13-12-20(17(3)4)29-6-2)26-16-18-9-7-10-19(15-18)27-22(28)21-11-8-14-30-21/h7,9-10,15,17,20-21H,5-6,8,11-14,16H2,1-4H3,(H,27,28)(H2,24,25,26). The Morgan fingerprint density at radius 2 is 2.13 bits per heavy atom. The van der Waals surface area contributed by atoms with Crippen molar-refractivity contribution < 1.29 is 14.3 Å². The maximum atomic E-state index is 12.3. The van der Waals surface area contributed by atoms with Crippen LogP contribution in [0.2, 0.25) is 0 Å². The summed E-state index contributed by atoms with van der Waals surface area (Å²) in [5.74, 6) is 1.20. The summed E-state index contributed by atoms with van der Waals surface area (Å²) in [6.45, 7) is 12.0. The van der Waals surface area contributed by atoms with Crippen LogP contribution in [0.15, 0.2) is 29.3 Å². The number of carbonyl (C=O) groups is 1. The SMILES string of the molecule is CCNC(=NCc1cccc(NC(=O)C2CCCO2)c1)NCCC(OCC)C(C)C. The van der Waals surface area contributed by atoms with E-state index < -0.39 is 0 Å². The fourth-order valence-electron chi connectivity index (χ4n) is 3.42. The predicted octanol–water partition coefficient (Wildman–Crippen LogP) is 3.31. The number of aliphatic imine (C=N–C) groups is 1. The third-order valence-corrected chi connectivity index (χ3v) is 5.03. The van der Waals surface area contributed by atoms with Gasteiger partial charge >= 0.3 is 0 Å². The molecule has 1 aliphatic heterocycles. The molecular weight excluding hydrogens is 380 g/mol. The van der Waals surface area contributed by atoms with Crippen molar-refractivity contribution in [2.24, 2.45) is 10.9 Å². The van der Waals surface area contributed by atoms with Crippen molar-refractivity contribution in [1.82, 2.24) is 10.6 Å². The van der Waals surface area contributed by atoms with Crippen LogP contribution in [0.25, 0.3) is 0 Å². The number of nitrogens with one attached hydrogen (secondary N) is 3. The Hall–Kier alpha value is -2.12. The van der Waals surface area contributed by atoms with E-state index in [1.807, 2.05) is 31.2 Å². The molecule has 0 aliphatic carbocycles. The highest BCUT2D eigenvalue weighted by Gasteiger charge is 2.23. The van der Waals surface area contributed by atoms with Gasteiger partial charge in [-0.25, -0.2) is 4.99 Å². The van der Waals surface area contributed by atoms with Gasteiger partial charge in [-0.3, -0.25) is 4.79 Å². The van der Waals surface area contributed by atoms with Crippen molar-refractivity contribution >= 4 is 17.6 Å². The quantitative estimate of drug-likeness (QED) is 0.379. The van der Waals surface area contributed by atoms with Gasteiger partial charge in [-0.15, -0.1) is 0 Å². The van der Waals surface area contributed by atoms with E-state index in [2.05, 4.69) is 41.7 Å². The van der Waals surface area contributed by atoms with Crippen LogP contribution in [-0.4, -0.2) is 50.4 Å². The summed E-state index contributed by atoms with van der Waals surface area (Å²) in [5.41, 5.74) is 1.81. The molecule has 1 aromatic carbocycles. The van der Waals surface area contributed by atoms with Gasteiger partial charge < -0.3 is 25.4 Å². The summed E-state index contributed by atoms with van der Waals surface area (Å²) in [7, 11) is 0. The van der Waals surface area contributed by atoms with E-state index in [0.29, 0.717) is 19.1 Å². The molecule has 0 saturated carbocycles. The Bertz CT molecular complexity index is 672. The normalized spacial score (nSPS) is 17.8. The number of rotatable bonds is 11. The van der Waals surface area contributed by atoms with Crippen LogP contribution in [0.5, 0.6) is 0 Å². The van der Waals surface area contributed by atoms with Crippen molar-refractivity contribution in [2.75, 3.05) is 31.6 Å². The van der Waals surface area contributed by atoms with E-state index in [1.54, 1.807) is 0 Å². The van der Waals surface area contributed by atoms with Gasteiger partial charge in [0.05, 0.1) is 12.6 Å². The van der Waals surface area contributed by atoms with Crippen LogP contribution in [-0.2, 0) is 20.8 Å². The minimum atomic E-state index is -0.331. The number of ether oxygens (including phenoxy) is 2. The topological polar surface area (TPSA) is 84.0 Å². The lowest BCUT2D eigenvalue weighted by molar-refractivity contribution is -0.124. The van der Waals surface area contributed by atoms with Crippen LogP contribution in [0, 0.1) is 5.92 Å². The highest BCUT2D eigenvalue weighted by atomic mass is 16.5. The molecule has 1 aromatic rings. The van der Waals surface area contributed by atoms with E-state index in [4.69, 9.17) is 9.47 Å². The fourth-order valence-corrected chi connectivity index (χ4v) is 3.42. The Kier molecular flexibility index (Phi) is 10.7. The molecule has 168 valence electrons. The molecule has 2 unspecified atom stereocenters. The first-order valence-electron chi connectivity index (χ1n) is 11.2. The summed E-state index contributed by atoms with van der Waals surface area (Å²) in [5, 5.41) is 9.62. The molecule has 3 N–H and O–H groups in total. The number of benzene rings is 1. The molecule has 0 aromatic heterocycles. The van der Waals surface area contributed by atoms with Crippen molar-refractivity contribution in [3.05, 3.63) is 29.8 Å². The molecule has 1 amide bonds. The Morgan fingerprint density at radius 1 is 1.30 bits per heavy atom. The highest BCUT2D eigenvalue weighted by molar-refractivity contribution is 5.94. The average molecular weight is 419 g/mol. The summed E-state index contributed by atoms with van der Waals surface area (Å²) in [6.07, 6.45) is 2.57. The van der Waals surface area contributed by atoms with E-state index in [1.165, 1.54) is 0 Å². The summed E-state index contributed by atoms with van der Waals surface area (Å²) < 4.78 is 11.3. The van der Waals surface area contributed by atoms with Crippen LogP contribution in [0.3, 0.4) is 0 Å². The molecule has 0 radical (unpaired) electrons. The van der Waals surface area contributed by atoms with Gasteiger partial charge in [0, 0.05) is 32.0 Å². The van der Waals surface area contributed by atoms with E-state index in [-0.39, 0.29) is 18.1 Å². The molecule has 0 spiro atoms. The minimum Gasteiger partial charge on any atom is -0.378 e. The van der Waals surface area contributed by atoms with Crippen LogP contribution < -0.4 is 16.0 Å². The third-order valence-electron chi connectivity index (χ3n) is 5.03. The number of carbonyl (C=O) groups excluding carboxylic acids is 1. The molecule has 1 fully saturated rings. The van der Waals surface area contributed by atoms with E-state index in [0.717, 1.165) is 56.2 Å². The van der Waals surface area contributed by atoms with Crippen molar-refractivity contribution in [3.8, 4) is 0 Å². The maximum absolute atomic E-state index is 12.3. The molecule has 7 nitrogen and oxygen atoms in total. The van der Waals surface area contributed by atoms with E-state index in [9.17, 15) is 4.79 Å². The fraction of sp³-hybridized carbons (Fsp3) is 0.652. The van der Waals surface area contributed by atoms with Gasteiger partial charge in [0.15, 0.2) is 5.96 Å². The van der Waals surface area contributed by atoms with Crippen LogP contribution >= 0.6 is 0 Å². The van der Waals surface area contributed by atoms with Gasteiger partial charge in [0.2, 0.25) is 0 Å². The number of hydrogen-bond donors (Lipinski definition) is 3. The monoisotopic (exact) mass is 418 g/mol. The lowest BCUT2D eigenvalue weighted by atomic mass is 10.0. The average Bonchev–Trinajstić information content (AvgIpc) is 3.26. The second-order valence-electron chi connectivity index (χ2n) is 7.84. The first-order chi connectivity index (χ1) is 14.5. The lowest BCUT2D eigenvalue weighted by Gasteiger charge is -2.21. The summed E-state index contributed by atoms with van der Waals surface area (Å²) in [6, 6.07) is 7.80. The largest absolute Gasteiger partial charge is 0.378 e. The summed E-state index contributed by atoms with van der Waals surface area (Å²) >= 11 is 0. The van der Waals surface area contributed by atoms with Gasteiger partial charge in [0.25, 0.3) is 5.91 Å². The smallest absolute Gasteiger partial charge is 0.253 e. The number of nitrogens with zero attached hydrogens (tertiary/aromatic N) is 1. The Labute approximate surface area is 181 Å². The minimum absolute atomic E-state index is 0.0721. The van der Waals surface area contributed by atoms with Gasteiger partial charge in [-0.2, -0.15) is 0 Å². The number of anilines is 1. The molecule has 2 rings (SSSR count). The number of hydrogen-bond acceptors (Lipinski definition) is 4. The Balaban J connectivity index is 1.89. The van der Waals surface area contributed by atoms with Gasteiger partial charge in [-0.05, 0) is 56.7 Å². The molecule has 30 heavy (non-hydrogen) atoms. The maximum Gasteiger partial charge on any atom is 0.253 e. The number of guanidine groups is 1. The van der Waals surface area contributed by atoms with Crippen LogP contribution in [0.4, 0.5) is 5.69 Å². The first kappa shape index (κ1) is 24.2. The molecule has 7 heteroatoms. The zero-order valence-corrected chi connectivity index (χ0v) is 18.9. The lowest BCUT2D eigenvalue weighted by Crippen LogP contribution is -2.39. The van der Waals surface area contributed by atoms with Crippen LogP contribution in [0.1, 0.15) is 52.5 Å². The van der Waals surface area contributed by atoms with E-state index >= 15 is 0 Å². The third kappa shape index (κ3) is 8.32. The summed E-state index contributed by atoms with van der Waals surface area (Å²) in [4.78, 5) is 16.9. The molecule has 0 bridgehead atoms. The highest BCUT2D eigenvalue weighted by Crippen LogP contribution is 2.16. The van der Waals surface area contributed by atoms with Crippen molar-refractivity contribution in [2.45, 2.75) is 65.7 Å². The molecule has 2 atom stereocenters. The molecular formula is C23H38N4O3. The first-order valence-corrected chi connectivity index (χ1v) is 11.2. The molecule has 1 heterocycles. The predicted molar refractivity (Wildman–Crippen MR) is 122 cm³/mol. The second kappa shape index (κ2) is 13.2. The zero-order chi connectivity index (χ0) is 21.8. The van der Waals surface area contributed by atoms with Crippen molar-refractivity contribution in [1.29, 1.82) is 0 Å². The van der Waals surface area contributed by atoms with Gasteiger partial charge in [0.1, 0.15) is 6.10 Å².